The summed E-state index contributed by atoms with van der Waals surface area (Å²) in [4.78, 5) is 13.5. The number of hydrogen-bond donors (Lipinski definition) is 0. The maximum Gasteiger partial charge on any atom is 0.232 e. The average molecular weight is 231 g/mol. The molecule has 0 aromatic heterocycles. The summed E-state index contributed by atoms with van der Waals surface area (Å²) in [6, 6.07) is 0. The zero-order valence-electron chi connectivity index (χ0n) is 10.8. The van der Waals surface area contributed by atoms with Crippen LogP contribution < -0.4 is 0 Å². The lowest BCUT2D eigenvalue weighted by Crippen LogP contribution is -2.31. The molecule has 0 saturated heterocycles. The van der Waals surface area contributed by atoms with Crippen molar-refractivity contribution in [2.75, 3.05) is 25.1 Å². The van der Waals surface area contributed by atoms with Gasteiger partial charge in [0.25, 0.3) is 0 Å². The molecule has 0 heterocycles. The molecule has 0 N–H and O–H groups in total. The lowest BCUT2D eigenvalue weighted by Gasteiger charge is -2.23. The summed E-state index contributed by atoms with van der Waals surface area (Å²) < 4.78 is 0. The Morgan fingerprint density at radius 1 is 1.33 bits per heavy atom. The van der Waals surface area contributed by atoms with Crippen LogP contribution in [-0.4, -0.2) is 35.9 Å². The first-order valence-corrected chi connectivity index (χ1v) is 6.84. The second-order valence-electron chi connectivity index (χ2n) is 5.18. The van der Waals surface area contributed by atoms with Gasteiger partial charge in [0.15, 0.2) is 0 Å². The molecule has 1 amide bonds. The van der Waals surface area contributed by atoms with Gasteiger partial charge in [-0.1, -0.05) is 27.7 Å². The highest BCUT2D eigenvalue weighted by Crippen LogP contribution is 2.18. The highest BCUT2D eigenvalue weighted by atomic mass is 32.2. The third-order valence-electron chi connectivity index (χ3n) is 2.20. The molecule has 0 aromatic carbocycles. The number of carbonyl (C=O) groups is 1. The summed E-state index contributed by atoms with van der Waals surface area (Å²) in [6.07, 6.45) is 2.21. The van der Waals surface area contributed by atoms with E-state index in [1.54, 1.807) is 11.8 Å². The van der Waals surface area contributed by atoms with Crippen molar-refractivity contribution in [3.8, 4) is 0 Å². The molecule has 0 atom stereocenters. The molecule has 0 rings (SSSR count). The van der Waals surface area contributed by atoms with E-state index in [4.69, 9.17) is 0 Å². The molecule has 0 aliphatic heterocycles. The van der Waals surface area contributed by atoms with Gasteiger partial charge in [-0.25, -0.2) is 0 Å². The largest absolute Gasteiger partial charge is 0.345 e. The predicted octanol–water partition coefficient (Wildman–Crippen LogP) is 3.02. The Hall–Kier alpha value is -0.180. The zero-order chi connectivity index (χ0) is 11.9. The van der Waals surface area contributed by atoms with Gasteiger partial charge < -0.3 is 4.90 Å². The van der Waals surface area contributed by atoms with Crippen LogP contribution >= 0.6 is 11.8 Å². The minimum atomic E-state index is 0.262. The Labute approximate surface area is 98.8 Å². The van der Waals surface area contributed by atoms with E-state index >= 15 is 0 Å². The fourth-order valence-electron chi connectivity index (χ4n) is 1.04. The fourth-order valence-corrected chi connectivity index (χ4v) is 1.87. The Bertz CT molecular complexity index is 187. The van der Waals surface area contributed by atoms with Crippen LogP contribution in [0.2, 0.25) is 0 Å². The lowest BCUT2D eigenvalue weighted by molar-refractivity contribution is -0.127. The average Bonchev–Trinajstić information content (AvgIpc) is 2.13. The fraction of sp³-hybridized carbons (Fsp3) is 0.917. The maximum atomic E-state index is 11.6. The molecule has 15 heavy (non-hydrogen) atoms. The van der Waals surface area contributed by atoms with Crippen LogP contribution in [-0.2, 0) is 4.79 Å². The SMILES string of the molecule is CCCSCC(=O)N(C)CCC(C)(C)C. The molecule has 2 nitrogen and oxygen atoms in total. The second-order valence-corrected chi connectivity index (χ2v) is 6.28. The number of rotatable bonds is 6. The Morgan fingerprint density at radius 3 is 2.40 bits per heavy atom. The van der Waals surface area contributed by atoms with Gasteiger partial charge in [-0.05, 0) is 24.0 Å². The van der Waals surface area contributed by atoms with Crippen LogP contribution in [0.15, 0.2) is 0 Å². The van der Waals surface area contributed by atoms with E-state index in [1.807, 2.05) is 11.9 Å². The second kappa shape index (κ2) is 7.15. The summed E-state index contributed by atoms with van der Waals surface area (Å²) in [6.45, 7) is 9.63. The first-order valence-electron chi connectivity index (χ1n) is 5.68. The van der Waals surface area contributed by atoms with Crippen LogP contribution in [0.4, 0.5) is 0 Å². The van der Waals surface area contributed by atoms with Crippen LogP contribution in [0.1, 0.15) is 40.5 Å². The van der Waals surface area contributed by atoms with Gasteiger partial charge in [0.05, 0.1) is 5.75 Å². The molecule has 0 saturated carbocycles. The van der Waals surface area contributed by atoms with Crippen LogP contribution in [0, 0.1) is 5.41 Å². The Kier molecular flexibility index (Phi) is 7.07. The number of carbonyl (C=O) groups excluding carboxylic acids is 1. The third kappa shape index (κ3) is 8.79. The summed E-state index contributed by atoms with van der Waals surface area (Å²) in [5, 5.41) is 0. The van der Waals surface area contributed by atoms with Gasteiger partial charge >= 0.3 is 0 Å². The topological polar surface area (TPSA) is 20.3 Å². The predicted molar refractivity (Wildman–Crippen MR) is 69.3 cm³/mol. The van der Waals surface area contributed by atoms with Crippen molar-refractivity contribution in [2.24, 2.45) is 5.41 Å². The summed E-state index contributed by atoms with van der Waals surface area (Å²) >= 11 is 1.73. The molecular formula is C12H25NOS. The van der Waals surface area contributed by atoms with Crippen molar-refractivity contribution in [3.05, 3.63) is 0 Å². The van der Waals surface area contributed by atoms with Gasteiger partial charge in [0.2, 0.25) is 5.91 Å². The molecule has 0 aliphatic rings. The molecular weight excluding hydrogens is 206 g/mol. The molecule has 0 unspecified atom stereocenters. The molecule has 0 aliphatic carbocycles. The van der Waals surface area contributed by atoms with E-state index in [1.165, 1.54) is 0 Å². The van der Waals surface area contributed by atoms with E-state index in [2.05, 4.69) is 27.7 Å². The number of hydrogen-bond acceptors (Lipinski definition) is 2. The standard InChI is InChI=1S/C12H25NOS/c1-6-9-15-10-11(14)13(5)8-7-12(2,3)4/h6-10H2,1-5H3. The summed E-state index contributed by atoms with van der Waals surface area (Å²) in [5.41, 5.74) is 0.311. The van der Waals surface area contributed by atoms with E-state index < -0.39 is 0 Å². The zero-order valence-corrected chi connectivity index (χ0v) is 11.6. The van der Waals surface area contributed by atoms with E-state index in [0.29, 0.717) is 11.2 Å². The van der Waals surface area contributed by atoms with Crippen molar-refractivity contribution in [3.63, 3.8) is 0 Å². The molecule has 0 radical (unpaired) electrons. The molecule has 0 aromatic rings. The monoisotopic (exact) mass is 231 g/mol. The summed E-state index contributed by atoms with van der Waals surface area (Å²) in [7, 11) is 1.90. The highest BCUT2D eigenvalue weighted by Gasteiger charge is 2.14. The van der Waals surface area contributed by atoms with Crippen LogP contribution in [0.5, 0.6) is 0 Å². The minimum absolute atomic E-state index is 0.262. The van der Waals surface area contributed by atoms with Crippen molar-refractivity contribution >= 4 is 17.7 Å². The summed E-state index contributed by atoms with van der Waals surface area (Å²) in [5.74, 6) is 1.98. The molecule has 90 valence electrons. The molecule has 0 fully saturated rings. The van der Waals surface area contributed by atoms with Crippen molar-refractivity contribution in [1.82, 2.24) is 4.90 Å². The van der Waals surface area contributed by atoms with Gasteiger partial charge in [-0.15, -0.1) is 0 Å². The number of nitrogens with zero attached hydrogens (tertiary/aromatic N) is 1. The molecule has 0 bridgehead atoms. The highest BCUT2D eigenvalue weighted by molar-refractivity contribution is 7.99. The van der Waals surface area contributed by atoms with E-state index in [9.17, 15) is 4.79 Å². The first-order chi connectivity index (χ1) is 6.87. The van der Waals surface area contributed by atoms with Gasteiger partial charge in [0.1, 0.15) is 0 Å². The van der Waals surface area contributed by atoms with Gasteiger partial charge in [-0.3, -0.25) is 4.79 Å². The maximum absolute atomic E-state index is 11.6. The molecule has 3 heteroatoms. The third-order valence-corrected chi connectivity index (χ3v) is 3.34. The van der Waals surface area contributed by atoms with Crippen molar-refractivity contribution in [1.29, 1.82) is 0 Å². The van der Waals surface area contributed by atoms with Crippen LogP contribution in [0.25, 0.3) is 0 Å². The number of amides is 1. The van der Waals surface area contributed by atoms with Crippen molar-refractivity contribution in [2.45, 2.75) is 40.5 Å². The van der Waals surface area contributed by atoms with E-state index in [0.717, 1.165) is 25.1 Å². The lowest BCUT2D eigenvalue weighted by atomic mass is 9.92. The Balaban J connectivity index is 3.70. The van der Waals surface area contributed by atoms with Crippen LogP contribution in [0.3, 0.4) is 0 Å². The normalized spacial score (nSPS) is 11.5. The number of thioether (sulfide) groups is 1. The molecule has 0 spiro atoms. The smallest absolute Gasteiger partial charge is 0.232 e. The minimum Gasteiger partial charge on any atom is -0.345 e. The quantitative estimate of drug-likeness (QED) is 0.655. The first kappa shape index (κ1) is 14.8. The van der Waals surface area contributed by atoms with Gasteiger partial charge in [0, 0.05) is 13.6 Å². The van der Waals surface area contributed by atoms with E-state index in [-0.39, 0.29) is 5.91 Å². The van der Waals surface area contributed by atoms with Crippen molar-refractivity contribution < 1.29 is 4.79 Å². The van der Waals surface area contributed by atoms with Gasteiger partial charge in [-0.2, -0.15) is 11.8 Å². The Morgan fingerprint density at radius 2 is 1.93 bits per heavy atom.